The number of aliphatic hydroxyl groups is 1. The van der Waals surface area contributed by atoms with Crippen LogP contribution in [-0.2, 0) is 16.0 Å². The van der Waals surface area contributed by atoms with Crippen molar-refractivity contribution in [2.75, 3.05) is 44.2 Å². The van der Waals surface area contributed by atoms with Gasteiger partial charge in [0, 0.05) is 32.7 Å². The van der Waals surface area contributed by atoms with Gasteiger partial charge in [-0.2, -0.15) is 0 Å². The van der Waals surface area contributed by atoms with Gasteiger partial charge in [-0.1, -0.05) is 49.4 Å². The number of aliphatic hydroxyl groups excluding tert-OH is 1. The van der Waals surface area contributed by atoms with E-state index in [4.69, 9.17) is 0 Å². The molecule has 2 amide bonds. The van der Waals surface area contributed by atoms with E-state index < -0.39 is 0 Å². The summed E-state index contributed by atoms with van der Waals surface area (Å²) in [5, 5.41) is 9.19. The van der Waals surface area contributed by atoms with Gasteiger partial charge in [-0.3, -0.25) is 14.5 Å². The number of β-amino-alcohol motifs (C(OH)–C–C–N with tert-alkyl or cyclic N) is 1. The summed E-state index contributed by atoms with van der Waals surface area (Å²) >= 11 is 0. The van der Waals surface area contributed by atoms with Crippen molar-refractivity contribution in [2.45, 2.75) is 13.3 Å². The topological polar surface area (TPSA) is 64.1 Å². The Morgan fingerprint density at radius 3 is 2.13 bits per heavy atom. The summed E-state index contributed by atoms with van der Waals surface area (Å²) in [7, 11) is 0. The Labute approximate surface area is 177 Å². The van der Waals surface area contributed by atoms with Crippen molar-refractivity contribution in [1.82, 2.24) is 9.80 Å². The molecule has 0 bridgehead atoms. The van der Waals surface area contributed by atoms with Crippen LogP contribution in [0.5, 0.6) is 0 Å². The van der Waals surface area contributed by atoms with Gasteiger partial charge in [0.1, 0.15) is 5.70 Å². The Balaban J connectivity index is 1.70. The standard InChI is InChI=1S/C24H27N3O3/c1-2-18-8-10-20(11-9-18)27-23(29)21(19-6-4-3-5-7-19)22(24(27)30)26-14-12-25(13-15-26)16-17-28/h3-11,28H,2,12-17H2,1H3. The first-order chi connectivity index (χ1) is 14.6. The minimum Gasteiger partial charge on any atom is -0.395 e. The van der Waals surface area contributed by atoms with E-state index in [0.717, 1.165) is 30.6 Å². The number of carbonyl (C=O) groups is 2. The van der Waals surface area contributed by atoms with Crippen molar-refractivity contribution in [1.29, 1.82) is 0 Å². The summed E-state index contributed by atoms with van der Waals surface area (Å²) in [5.41, 5.74) is 3.47. The molecule has 1 fully saturated rings. The first-order valence-electron chi connectivity index (χ1n) is 10.5. The maximum atomic E-state index is 13.5. The molecular formula is C24H27N3O3. The van der Waals surface area contributed by atoms with Gasteiger partial charge in [-0.15, -0.1) is 0 Å². The van der Waals surface area contributed by atoms with E-state index in [-0.39, 0.29) is 18.4 Å². The van der Waals surface area contributed by atoms with Gasteiger partial charge < -0.3 is 10.0 Å². The number of carbonyl (C=O) groups excluding carboxylic acids is 2. The molecule has 6 nitrogen and oxygen atoms in total. The maximum absolute atomic E-state index is 13.5. The van der Waals surface area contributed by atoms with Gasteiger partial charge in [-0.05, 0) is 29.7 Å². The highest BCUT2D eigenvalue weighted by molar-refractivity contribution is 6.45. The summed E-state index contributed by atoms with van der Waals surface area (Å²) in [4.78, 5) is 32.5. The van der Waals surface area contributed by atoms with E-state index in [2.05, 4.69) is 11.8 Å². The first kappa shape index (κ1) is 20.3. The van der Waals surface area contributed by atoms with Gasteiger partial charge in [0.15, 0.2) is 0 Å². The molecular weight excluding hydrogens is 378 g/mol. The van der Waals surface area contributed by atoms with E-state index in [1.165, 1.54) is 4.90 Å². The number of nitrogens with zero attached hydrogens (tertiary/aromatic N) is 3. The third kappa shape index (κ3) is 3.76. The number of anilines is 1. The van der Waals surface area contributed by atoms with E-state index in [9.17, 15) is 14.7 Å². The molecule has 2 aliphatic heterocycles. The van der Waals surface area contributed by atoms with Crippen LogP contribution in [-0.4, -0.2) is 66.1 Å². The molecule has 0 spiro atoms. The van der Waals surface area contributed by atoms with Crippen molar-refractivity contribution < 1.29 is 14.7 Å². The molecule has 0 unspecified atom stereocenters. The summed E-state index contributed by atoms with van der Waals surface area (Å²) in [6.07, 6.45) is 0.902. The number of imide groups is 1. The van der Waals surface area contributed by atoms with Crippen LogP contribution in [0.3, 0.4) is 0 Å². The fourth-order valence-electron chi connectivity index (χ4n) is 4.13. The van der Waals surface area contributed by atoms with Crippen molar-refractivity contribution >= 4 is 23.1 Å². The highest BCUT2D eigenvalue weighted by Crippen LogP contribution is 2.35. The Kier molecular flexibility index (Phi) is 5.97. The average molecular weight is 405 g/mol. The zero-order valence-electron chi connectivity index (χ0n) is 17.3. The Morgan fingerprint density at radius 2 is 1.53 bits per heavy atom. The largest absolute Gasteiger partial charge is 0.395 e. The fourth-order valence-corrected chi connectivity index (χ4v) is 4.13. The second kappa shape index (κ2) is 8.81. The van der Waals surface area contributed by atoms with Gasteiger partial charge in [0.05, 0.1) is 17.9 Å². The molecule has 0 aliphatic carbocycles. The lowest BCUT2D eigenvalue weighted by Crippen LogP contribution is -2.48. The summed E-state index contributed by atoms with van der Waals surface area (Å²) in [5.74, 6) is -0.540. The molecule has 0 saturated carbocycles. The van der Waals surface area contributed by atoms with Crippen LogP contribution in [0.25, 0.3) is 5.57 Å². The van der Waals surface area contributed by atoms with E-state index in [1.54, 1.807) is 0 Å². The van der Waals surface area contributed by atoms with E-state index in [0.29, 0.717) is 36.6 Å². The van der Waals surface area contributed by atoms with Gasteiger partial charge in [0.25, 0.3) is 11.8 Å². The molecule has 2 aliphatic rings. The zero-order valence-corrected chi connectivity index (χ0v) is 17.3. The summed E-state index contributed by atoms with van der Waals surface area (Å²) in [6, 6.07) is 17.1. The number of benzene rings is 2. The number of aryl methyl sites for hydroxylation is 1. The monoisotopic (exact) mass is 405 g/mol. The van der Waals surface area contributed by atoms with Crippen molar-refractivity contribution in [2.24, 2.45) is 0 Å². The molecule has 156 valence electrons. The lowest BCUT2D eigenvalue weighted by Gasteiger charge is -2.36. The molecule has 2 heterocycles. The van der Waals surface area contributed by atoms with Crippen LogP contribution < -0.4 is 4.90 Å². The third-order valence-electron chi connectivity index (χ3n) is 5.83. The number of piperazine rings is 1. The lowest BCUT2D eigenvalue weighted by molar-refractivity contribution is -0.120. The van der Waals surface area contributed by atoms with Crippen molar-refractivity contribution in [3.8, 4) is 0 Å². The molecule has 0 atom stereocenters. The van der Waals surface area contributed by atoms with Crippen molar-refractivity contribution in [3.05, 3.63) is 71.4 Å². The first-order valence-corrected chi connectivity index (χ1v) is 10.5. The number of amides is 2. The summed E-state index contributed by atoms with van der Waals surface area (Å²) in [6.45, 7) is 5.61. The third-order valence-corrected chi connectivity index (χ3v) is 5.83. The Morgan fingerprint density at radius 1 is 0.867 bits per heavy atom. The zero-order chi connectivity index (χ0) is 21.1. The quantitative estimate of drug-likeness (QED) is 0.746. The molecule has 1 saturated heterocycles. The second-order valence-electron chi connectivity index (χ2n) is 7.61. The number of hydrogen-bond donors (Lipinski definition) is 1. The van der Waals surface area contributed by atoms with Gasteiger partial charge >= 0.3 is 0 Å². The molecule has 4 rings (SSSR count). The van der Waals surface area contributed by atoms with Crippen LogP contribution in [0.15, 0.2) is 60.3 Å². The minimum atomic E-state index is -0.275. The van der Waals surface area contributed by atoms with Gasteiger partial charge in [-0.25, -0.2) is 4.90 Å². The van der Waals surface area contributed by atoms with Crippen molar-refractivity contribution in [3.63, 3.8) is 0 Å². The maximum Gasteiger partial charge on any atom is 0.282 e. The van der Waals surface area contributed by atoms with Gasteiger partial charge in [0.2, 0.25) is 0 Å². The summed E-state index contributed by atoms with van der Waals surface area (Å²) < 4.78 is 0. The normalized spacial score (nSPS) is 17.9. The molecule has 0 radical (unpaired) electrons. The van der Waals surface area contributed by atoms with E-state index in [1.807, 2.05) is 59.5 Å². The van der Waals surface area contributed by atoms with E-state index >= 15 is 0 Å². The van der Waals surface area contributed by atoms with Crippen LogP contribution in [0.1, 0.15) is 18.1 Å². The molecule has 0 aromatic heterocycles. The molecule has 1 N–H and O–H groups in total. The predicted molar refractivity (Wildman–Crippen MR) is 117 cm³/mol. The van der Waals surface area contributed by atoms with Crippen LogP contribution in [0.2, 0.25) is 0 Å². The molecule has 30 heavy (non-hydrogen) atoms. The Hall–Kier alpha value is -2.96. The lowest BCUT2D eigenvalue weighted by atomic mass is 10.0. The SMILES string of the molecule is CCc1ccc(N2C(=O)C(c3ccccc3)=C(N3CCN(CCO)CC3)C2=O)cc1. The fraction of sp³-hybridized carbons (Fsp3) is 0.333. The van der Waals surface area contributed by atoms with Crippen LogP contribution in [0, 0.1) is 0 Å². The second-order valence-corrected chi connectivity index (χ2v) is 7.61. The Bertz CT molecular complexity index is 945. The molecule has 2 aromatic rings. The molecule has 2 aromatic carbocycles. The highest BCUT2D eigenvalue weighted by atomic mass is 16.3. The highest BCUT2D eigenvalue weighted by Gasteiger charge is 2.42. The smallest absolute Gasteiger partial charge is 0.282 e. The predicted octanol–water partition coefficient (Wildman–Crippen LogP) is 2.14. The van der Waals surface area contributed by atoms with Crippen LogP contribution in [0.4, 0.5) is 5.69 Å². The average Bonchev–Trinajstić information content (AvgIpc) is 3.05. The molecule has 6 heteroatoms. The van der Waals surface area contributed by atoms with Crippen LogP contribution >= 0.6 is 0 Å². The number of hydrogen-bond acceptors (Lipinski definition) is 5. The minimum absolute atomic E-state index is 0.122. The number of rotatable bonds is 6.